The molecule has 4 heteroatoms. The van der Waals surface area contributed by atoms with Crippen LogP contribution in [0.15, 0.2) is 48.8 Å². The highest BCUT2D eigenvalue weighted by Crippen LogP contribution is 2.47. The molecule has 5 rings (SSSR count). The molecular formula is C21H14N3O+. The smallest absolute Gasteiger partial charge is 0.287 e. The van der Waals surface area contributed by atoms with Crippen molar-refractivity contribution < 1.29 is 9.30 Å². The van der Waals surface area contributed by atoms with Gasteiger partial charge in [-0.3, -0.25) is 0 Å². The topological polar surface area (TPSA) is 49.8 Å². The third kappa shape index (κ3) is 1.81. The van der Waals surface area contributed by atoms with Crippen molar-refractivity contribution in [3.63, 3.8) is 0 Å². The fraction of sp³-hybridized carbons (Fsp3) is 0.0952. The largest absolute Gasteiger partial charge is 0.456 e. The van der Waals surface area contributed by atoms with Crippen LogP contribution in [0.25, 0.3) is 32.9 Å². The van der Waals surface area contributed by atoms with Gasteiger partial charge in [-0.2, -0.15) is 5.26 Å². The summed E-state index contributed by atoms with van der Waals surface area (Å²) in [6.07, 6.45) is 1.80. The Kier molecular flexibility index (Phi) is 2.66. The van der Waals surface area contributed by atoms with E-state index >= 15 is 0 Å². The molecule has 4 aromatic rings. The Morgan fingerprint density at radius 2 is 1.96 bits per heavy atom. The first-order chi connectivity index (χ1) is 12.2. The van der Waals surface area contributed by atoms with Crippen LogP contribution in [0.4, 0.5) is 0 Å². The maximum absolute atomic E-state index is 9.30. The van der Waals surface area contributed by atoms with Gasteiger partial charge in [0.05, 0.1) is 24.2 Å². The molecule has 0 fully saturated rings. The summed E-state index contributed by atoms with van der Waals surface area (Å²) in [5, 5.41) is 12.6. The number of fused-ring (bicyclic) bond motifs is 3. The van der Waals surface area contributed by atoms with Gasteiger partial charge < -0.3 is 4.74 Å². The molecule has 0 spiro atoms. The van der Waals surface area contributed by atoms with Crippen molar-refractivity contribution >= 4 is 21.7 Å². The van der Waals surface area contributed by atoms with Gasteiger partial charge in [-0.15, -0.1) is 0 Å². The molecule has 2 heterocycles. The second-order valence-corrected chi connectivity index (χ2v) is 6.38. The van der Waals surface area contributed by atoms with Crippen LogP contribution in [0.3, 0.4) is 0 Å². The lowest BCUT2D eigenvalue weighted by atomic mass is 9.92. The first-order valence-electron chi connectivity index (χ1n) is 8.10. The molecule has 1 aromatic heterocycles. The lowest BCUT2D eigenvalue weighted by molar-refractivity contribution is -0.662. The van der Waals surface area contributed by atoms with Crippen LogP contribution >= 0.6 is 0 Å². The summed E-state index contributed by atoms with van der Waals surface area (Å²) in [5.74, 6) is 1.51. The summed E-state index contributed by atoms with van der Waals surface area (Å²) in [5.41, 5.74) is 4.68. The van der Waals surface area contributed by atoms with E-state index in [1.807, 2.05) is 23.7 Å². The Morgan fingerprint density at radius 3 is 2.80 bits per heavy atom. The van der Waals surface area contributed by atoms with E-state index in [0.717, 1.165) is 33.3 Å². The van der Waals surface area contributed by atoms with Crippen molar-refractivity contribution in [1.82, 2.24) is 4.98 Å². The normalized spacial score (nSPS) is 11.9. The SMILES string of the molecule is Cc1c2c(cc3ccccc13)Oc1cc(C#N)cc3nc[n+](C)c-2c13. The second kappa shape index (κ2) is 4.78. The summed E-state index contributed by atoms with van der Waals surface area (Å²) in [6, 6.07) is 16.2. The molecule has 0 saturated carbocycles. The number of aromatic nitrogens is 2. The van der Waals surface area contributed by atoms with Crippen molar-refractivity contribution in [2.45, 2.75) is 6.92 Å². The lowest BCUT2D eigenvalue weighted by Crippen LogP contribution is -2.32. The van der Waals surface area contributed by atoms with Gasteiger partial charge in [0.15, 0.2) is 11.2 Å². The summed E-state index contributed by atoms with van der Waals surface area (Å²) in [4.78, 5) is 4.49. The molecule has 0 radical (unpaired) electrons. The fourth-order valence-corrected chi connectivity index (χ4v) is 3.76. The standard InChI is InChI=1S/C21H14N3O/c1-12-15-6-4-3-5-14(15)9-18-19(12)21-20-16(23-11-24(21)2)7-13(10-22)8-17(20)25-18/h3-9,11H,1-2H3/q+1. The first kappa shape index (κ1) is 13.9. The zero-order chi connectivity index (χ0) is 17.1. The molecule has 1 aliphatic heterocycles. The van der Waals surface area contributed by atoms with Crippen LogP contribution in [0.5, 0.6) is 11.5 Å². The number of nitriles is 1. The summed E-state index contributed by atoms with van der Waals surface area (Å²) < 4.78 is 8.26. The van der Waals surface area contributed by atoms with E-state index in [9.17, 15) is 5.26 Å². The molecule has 0 bridgehead atoms. The van der Waals surface area contributed by atoms with Gasteiger partial charge in [-0.05, 0) is 40.4 Å². The molecule has 25 heavy (non-hydrogen) atoms. The van der Waals surface area contributed by atoms with Gasteiger partial charge in [0.2, 0.25) is 0 Å². The number of ether oxygens (including phenoxy) is 1. The van der Waals surface area contributed by atoms with Gasteiger partial charge >= 0.3 is 0 Å². The average Bonchev–Trinajstić information content (AvgIpc) is 2.63. The van der Waals surface area contributed by atoms with E-state index in [2.05, 4.69) is 42.2 Å². The minimum absolute atomic E-state index is 0.552. The van der Waals surface area contributed by atoms with Gasteiger partial charge in [-0.25, -0.2) is 4.57 Å². The highest BCUT2D eigenvalue weighted by atomic mass is 16.5. The minimum Gasteiger partial charge on any atom is -0.456 e. The van der Waals surface area contributed by atoms with E-state index < -0.39 is 0 Å². The number of hydrogen-bond donors (Lipinski definition) is 0. The molecule has 1 aliphatic rings. The van der Waals surface area contributed by atoms with E-state index in [-0.39, 0.29) is 0 Å². The highest BCUT2D eigenvalue weighted by molar-refractivity contribution is 6.04. The molecular weight excluding hydrogens is 310 g/mol. The van der Waals surface area contributed by atoms with Crippen molar-refractivity contribution in [3.05, 3.63) is 59.9 Å². The van der Waals surface area contributed by atoms with Crippen LogP contribution in [0.2, 0.25) is 0 Å². The fourth-order valence-electron chi connectivity index (χ4n) is 3.76. The average molecular weight is 324 g/mol. The first-order valence-corrected chi connectivity index (χ1v) is 8.10. The molecule has 0 unspecified atom stereocenters. The molecule has 118 valence electrons. The maximum Gasteiger partial charge on any atom is 0.287 e. The molecule has 0 amide bonds. The zero-order valence-corrected chi connectivity index (χ0v) is 13.9. The van der Waals surface area contributed by atoms with Gasteiger partial charge in [-0.1, -0.05) is 24.3 Å². The Bertz CT molecular complexity index is 1250. The molecule has 4 nitrogen and oxygen atoms in total. The third-order valence-electron chi connectivity index (χ3n) is 4.90. The molecule has 0 aliphatic carbocycles. The van der Waals surface area contributed by atoms with Crippen LogP contribution < -0.4 is 9.30 Å². The molecule has 0 N–H and O–H groups in total. The van der Waals surface area contributed by atoms with Crippen LogP contribution in [-0.2, 0) is 7.05 Å². The summed E-state index contributed by atoms with van der Waals surface area (Å²) >= 11 is 0. The highest BCUT2D eigenvalue weighted by Gasteiger charge is 2.29. The Morgan fingerprint density at radius 1 is 1.12 bits per heavy atom. The molecule has 0 saturated heterocycles. The van der Waals surface area contributed by atoms with E-state index in [0.29, 0.717) is 11.3 Å². The van der Waals surface area contributed by atoms with Crippen molar-refractivity contribution in [1.29, 1.82) is 5.26 Å². The van der Waals surface area contributed by atoms with Crippen LogP contribution in [0, 0.1) is 18.3 Å². The Hall–Kier alpha value is -3.45. The van der Waals surface area contributed by atoms with E-state index in [4.69, 9.17) is 4.74 Å². The van der Waals surface area contributed by atoms with Crippen molar-refractivity contribution in [2.75, 3.05) is 0 Å². The predicted octanol–water partition coefficient (Wildman–Crippen LogP) is 4.17. The number of rotatable bonds is 0. The number of benzene rings is 3. The van der Waals surface area contributed by atoms with Gasteiger partial charge in [0.1, 0.15) is 16.9 Å². The quantitative estimate of drug-likeness (QED) is 0.402. The predicted molar refractivity (Wildman–Crippen MR) is 95.4 cm³/mol. The van der Waals surface area contributed by atoms with Crippen LogP contribution in [-0.4, -0.2) is 4.98 Å². The van der Waals surface area contributed by atoms with E-state index in [1.165, 1.54) is 10.9 Å². The molecule has 0 atom stereocenters. The van der Waals surface area contributed by atoms with Crippen LogP contribution in [0.1, 0.15) is 11.1 Å². The second-order valence-electron chi connectivity index (χ2n) is 6.38. The molecule has 3 aromatic carbocycles. The van der Waals surface area contributed by atoms with Crippen molar-refractivity contribution in [2.24, 2.45) is 7.05 Å². The minimum atomic E-state index is 0.552. The third-order valence-corrected chi connectivity index (χ3v) is 4.90. The summed E-state index contributed by atoms with van der Waals surface area (Å²) in [6.45, 7) is 2.13. The Balaban J connectivity index is 1.99. The van der Waals surface area contributed by atoms with Crippen molar-refractivity contribution in [3.8, 4) is 28.8 Å². The lowest BCUT2D eigenvalue weighted by Gasteiger charge is -2.22. The van der Waals surface area contributed by atoms with Gasteiger partial charge in [0.25, 0.3) is 6.33 Å². The van der Waals surface area contributed by atoms with Gasteiger partial charge in [0, 0.05) is 6.07 Å². The summed E-state index contributed by atoms with van der Waals surface area (Å²) in [7, 11) is 1.99. The monoisotopic (exact) mass is 324 g/mol. The Labute approximate surface area is 144 Å². The zero-order valence-electron chi connectivity index (χ0n) is 13.9. The number of aryl methyl sites for hydroxylation is 2. The maximum atomic E-state index is 9.30. The number of nitrogens with zero attached hydrogens (tertiary/aromatic N) is 3. The number of hydrogen-bond acceptors (Lipinski definition) is 3. The van der Waals surface area contributed by atoms with E-state index in [1.54, 1.807) is 12.4 Å².